The monoisotopic (exact) mass is 949 g/mol. The number of halogens is 2. The molecule has 0 aliphatic rings. The molecule has 6 aromatic rings. The molecule has 0 aliphatic heterocycles. The van der Waals surface area contributed by atoms with Gasteiger partial charge in [0, 0.05) is 49.6 Å². The third-order valence-electron chi connectivity index (χ3n) is 7.96. The summed E-state index contributed by atoms with van der Waals surface area (Å²) in [4.78, 5) is 21.6. The van der Waals surface area contributed by atoms with E-state index in [1.165, 1.54) is 72.8 Å². The van der Waals surface area contributed by atoms with Crippen molar-refractivity contribution in [3.63, 3.8) is 0 Å². The first-order valence-electron chi connectivity index (χ1n) is 16.4. The molecule has 8 N–H and O–H groups in total. The van der Waals surface area contributed by atoms with Gasteiger partial charge in [0.05, 0.1) is 0 Å². The Bertz CT molecular complexity index is 2870. The minimum atomic E-state index is -4.79. The molecule has 23 heteroatoms. The molecular weight excluding hydrogens is 919 g/mol. The van der Waals surface area contributed by atoms with Crippen molar-refractivity contribution in [2.24, 2.45) is 20.5 Å². The van der Waals surface area contributed by atoms with Crippen LogP contribution in [0.4, 0.5) is 34.1 Å². The molecule has 0 aromatic heterocycles. The quantitative estimate of drug-likeness (QED) is 0.0362. The third kappa shape index (κ3) is 11.5. The SMILES string of the molecule is C=CC(=O)Nc1ccc2cc(S(=O)(=O)O)c(N=Nc3cc(Cl)ccc3O)c(O)c2c1.C=CC(=O)Nc1ccc2cc(S(=O)(=O)O)c(N=Nc3cc(Cl)ccc3O)c(O)c2c1.[Cr].[H+].[H+].[H+]. The van der Waals surface area contributed by atoms with E-state index in [-0.39, 0.29) is 76.1 Å². The van der Waals surface area contributed by atoms with E-state index >= 15 is 0 Å². The van der Waals surface area contributed by atoms with Gasteiger partial charge in [-0.05, 0) is 95.7 Å². The van der Waals surface area contributed by atoms with E-state index in [1.54, 1.807) is 0 Å². The molecule has 0 bridgehead atoms. The first-order chi connectivity index (χ1) is 28.2. The van der Waals surface area contributed by atoms with Crippen molar-refractivity contribution < 1.29 is 77.6 Å². The fourth-order valence-corrected chi connectivity index (χ4v) is 6.82. The number of carbonyl (C=O) groups is 2. The minimum Gasteiger partial charge on any atom is -0.506 e. The molecule has 0 saturated carbocycles. The van der Waals surface area contributed by atoms with Gasteiger partial charge in [-0.2, -0.15) is 16.8 Å². The van der Waals surface area contributed by atoms with Crippen LogP contribution >= 0.6 is 23.2 Å². The van der Waals surface area contributed by atoms with Gasteiger partial charge in [0.1, 0.15) is 44.0 Å². The summed E-state index contributed by atoms with van der Waals surface area (Å²) >= 11 is 11.7. The van der Waals surface area contributed by atoms with Crippen molar-refractivity contribution in [2.75, 3.05) is 10.6 Å². The van der Waals surface area contributed by atoms with E-state index in [2.05, 4.69) is 44.2 Å². The molecule has 0 unspecified atom stereocenters. The number of phenols is 4. The average molecular weight is 951 g/mol. The van der Waals surface area contributed by atoms with Gasteiger partial charge in [-0.1, -0.05) is 48.5 Å². The summed E-state index contributed by atoms with van der Waals surface area (Å²) in [6, 6.07) is 18.7. The summed E-state index contributed by atoms with van der Waals surface area (Å²) in [5, 5.41) is 62.2. The zero-order valence-electron chi connectivity index (χ0n) is 33.6. The Kier molecular flexibility index (Phi) is 15.0. The zero-order chi connectivity index (χ0) is 44.1. The second-order valence-electron chi connectivity index (χ2n) is 12.0. The van der Waals surface area contributed by atoms with Gasteiger partial charge < -0.3 is 31.1 Å². The van der Waals surface area contributed by atoms with Crippen molar-refractivity contribution in [1.82, 2.24) is 0 Å². The van der Waals surface area contributed by atoms with Crippen LogP contribution in [0, 0.1) is 0 Å². The van der Waals surface area contributed by atoms with Crippen LogP contribution in [-0.4, -0.2) is 58.2 Å². The Balaban J connectivity index is 0.000000602. The average Bonchev–Trinajstić information content (AvgIpc) is 3.19. The molecule has 0 radical (unpaired) electrons. The number of hydrogen-bond acceptors (Lipinski definition) is 14. The number of phenolic OH excluding ortho intramolecular Hbond substituents is 4. The number of carbonyl (C=O) groups excluding carboxylic acids is 2. The number of aromatic hydroxyl groups is 4. The van der Waals surface area contributed by atoms with Gasteiger partial charge in [0.2, 0.25) is 11.8 Å². The van der Waals surface area contributed by atoms with Crippen molar-refractivity contribution in [2.45, 2.75) is 9.79 Å². The van der Waals surface area contributed by atoms with Gasteiger partial charge in [-0.25, -0.2) is 0 Å². The first-order valence-corrected chi connectivity index (χ1v) is 20.1. The van der Waals surface area contributed by atoms with E-state index < -0.39 is 64.7 Å². The first kappa shape index (κ1) is 47.3. The topological polar surface area (TPSA) is 297 Å². The largest absolute Gasteiger partial charge is 1.00 e. The Morgan fingerprint density at radius 2 is 0.934 bits per heavy atom. The number of fused-ring (bicyclic) bond motifs is 2. The number of hydrogen-bond donors (Lipinski definition) is 8. The molecule has 314 valence electrons. The predicted octanol–water partition coefficient (Wildman–Crippen LogP) is 9.72. The van der Waals surface area contributed by atoms with Crippen LogP contribution in [0.25, 0.3) is 21.5 Å². The molecule has 6 rings (SSSR count). The van der Waals surface area contributed by atoms with Crippen LogP contribution in [0.3, 0.4) is 0 Å². The zero-order valence-corrected chi connectivity index (χ0v) is 35.0. The van der Waals surface area contributed by atoms with Crippen molar-refractivity contribution in [3.8, 4) is 23.0 Å². The molecule has 6 aromatic carbocycles. The molecule has 0 saturated heterocycles. The summed E-state index contributed by atoms with van der Waals surface area (Å²) in [6.07, 6.45) is 2.12. The number of anilines is 2. The Hall–Kier alpha value is -6.41. The third-order valence-corrected chi connectivity index (χ3v) is 10.2. The smallest absolute Gasteiger partial charge is 0.506 e. The molecule has 2 amide bonds. The van der Waals surface area contributed by atoms with Crippen LogP contribution in [0.5, 0.6) is 23.0 Å². The van der Waals surface area contributed by atoms with Gasteiger partial charge >= 0.3 is 4.28 Å². The molecule has 18 nitrogen and oxygen atoms in total. The maximum absolute atomic E-state index is 11.8. The van der Waals surface area contributed by atoms with Crippen molar-refractivity contribution >= 4 is 111 Å². The summed E-state index contributed by atoms with van der Waals surface area (Å²) in [5.74, 6) is -2.77. The normalized spacial score (nSPS) is 11.5. The summed E-state index contributed by atoms with van der Waals surface area (Å²) in [6.45, 7) is 6.69. The number of nitrogens with zero attached hydrogens (tertiary/aromatic N) is 4. The standard InChI is InChI=1S/2C19H14ClN3O6S.Cr/c2*1-2-17(25)21-12-5-3-10-7-16(30(27,28)29)18(19(26)13(10)9-12)23-22-14-8-11(20)4-6-15(14)24;/h2*2-9,24,26H,1H2,(H,21,25)(H,27,28,29);/p+3. The number of nitrogens with one attached hydrogen (secondary N) is 2. The predicted molar refractivity (Wildman–Crippen MR) is 226 cm³/mol. The van der Waals surface area contributed by atoms with E-state index in [9.17, 15) is 56.0 Å². The van der Waals surface area contributed by atoms with Crippen LogP contribution in [0.2, 0.25) is 10.0 Å². The van der Waals surface area contributed by atoms with Gasteiger partial charge in [-0.15, -0.1) is 20.5 Å². The van der Waals surface area contributed by atoms with E-state index in [4.69, 9.17) is 23.2 Å². The van der Waals surface area contributed by atoms with Crippen molar-refractivity contribution in [1.29, 1.82) is 0 Å². The molecule has 0 heterocycles. The second kappa shape index (κ2) is 19.3. The second-order valence-corrected chi connectivity index (χ2v) is 15.7. The van der Waals surface area contributed by atoms with E-state index in [1.807, 2.05) is 0 Å². The summed E-state index contributed by atoms with van der Waals surface area (Å²) in [7, 11) is -9.58. The fraction of sp³-hybridized carbons (Fsp3) is 0. The Morgan fingerprint density at radius 3 is 1.26 bits per heavy atom. The van der Waals surface area contributed by atoms with E-state index in [0.717, 1.165) is 24.3 Å². The van der Waals surface area contributed by atoms with Crippen LogP contribution in [0.1, 0.15) is 4.28 Å². The maximum Gasteiger partial charge on any atom is 1.00 e. The minimum absolute atomic E-state index is 0. The Labute approximate surface area is 370 Å². The van der Waals surface area contributed by atoms with E-state index in [0.29, 0.717) is 11.4 Å². The number of rotatable bonds is 10. The number of benzene rings is 6. The van der Waals surface area contributed by atoms with Gasteiger partial charge in [-0.3, -0.25) is 18.7 Å². The molecule has 0 fully saturated rings. The molecular formula is C38H31Cl2CrN6O12S2+3. The van der Waals surface area contributed by atoms with Gasteiger partial charge in [0.25, 0.3) is 20.2 Å². The van der Waals surface area contributed by atoms with Crippen LogP contribution in [-0.2, 0) is 47.2 Å². The molecule has 61 heavy (non-hydrogen) atoms. The Morgan fingerprint density at radius 1 is 0.574 bits per heavy atom. The van der Waals surface area contributed by atoms with Crippen molar-refractivity contribution in [3.05, 3.63) is 120 Å². The number of amides is 2. The number of azo groups is 2. The van der Waals surface area contributed by atoms with Crippen LogP contribution < -0.4 is 10.6 Å². The summed E-state index contributed by atoms with van der Waals surface area (Å²) in [5.41, 5.74) is -0.686. The molecule has 0 aliphatic carbocycles. The summed E-state index contributed by atoms with van der Waals surface area (Å²) < 4.78 is 66.5. The van der Waals surface area contributed by atoms with Crippen LogP contribution in [0.15, 0.2) is 140 Å². The molecule has 0 atom stereocenters. The fourth-order valence-electron chi connectivity index (χ4n) is 5.17. The molecule has 0 spiro atoms. The van der Waals surface area contributed by atoms with Gasteiger partial charge in [0.15, 0.2) is 11.5 Å². The maximum atomic E-state index is 11.8.